The van der Waals surface area contributed by atoms with Crippen LogP contribution >= 0.6 is 0 Å². The molecule has 3 aliphatic carbocycles. The largest absolute Gasteiger partial charge is 0.458 e. The highest BCUT2D eigenvalue weighted by Crippen LogP contribution is 2.55. The first kappa shape index (κ1) is 20.0. The molecule has 2 bridgehead atoms. The van der Waals surface area contributed by atoms with E-state index in [-0.39, 0.29) is 35.2 Å². The Hall–Kier alpha value is -1.75. The highest BCUT2D eigenvalue weighted by atomic mass is 16.5. The Balaban J connectivity index is 2.12. The molecule has 0 heterocycles. The second kappa shape index (κ2) is 6.69. The second-order valence-electron chi connectivity index (χ2n) is 9.34. The fraction of sp³-hybridized carbons (Fsp3) is 0.682. The Morgan fingerprint density at radius 3 is 2.52 bits per heavy atom. The number of carbonyl (C=O) groups excluding carboxylic acids is 3. The van der Waals surface area contributed by atoms with Gasteiger partial charge in [-0.3, -0.25) is 14.4 Å². The number of ketones is 2. The quantitative estimate of drug-likeness (QED) is 0.563. The Labute approximate surface area is 160 Å². The minimum absolute atomic E-state index is 0.107. The van der Waals surface area contributed by atoms with Crippen molar-refractivity contribution in [3.05, 3.63) is 23.8 Å². The second-order valence-corrected chi connectivity index (χ2v) is 9.34. The minimum atomic E-state index is -1.12. The number of hydrogen-bond donors (Lipinski definition) is 1. The molecule has 5 nitrogen and oxygen atoms in total. The van der Waals surface area contributed by atoms with Gasteiger partial charge in [-0.2, -0.15) is 0 Å². The fourth-order valence-corrected chi connectivity index (χ4v) is 5.59. The summed E-state index contributed by atoms with van der Waals surface area (Å²) in [7, 11) is 0. The number of rotatable bonds is 1. The first-order valence-electron chi connectivity index (χ1n) is 9.82. The van der Waals surface area contributed by atoms with Crippen LogP contribution in [0.25, 0.3) is 0 Å². The van der Waals surface area contributed by atoms with Gasteiger partial charge in [0.05, 0.1) is 0 Å². The van der Waals surface area contributed by atoms with Crippen LogP contribution in [0.3, 0.4) is 0 Å². The molecule has 148 valence electrons. The summed E-state index contributed by atoms with van der Waals surface area (Å²) in [5.41, 5.74) is -0.0614. The van der Waals surface area contributed by atoms with E-state index in [1.165, 1.54) is 6.92 Å². The summed E-state index contributed by atoms with van der Waals surface area (Å²) in [5, 5.41) is 10.7. The van der Waals surface area contributed by atoms with Crippen molar-refractivity contribution < 1.29 is 24.2 Å². The van der Waals surface area contributed by atoms with Gasteiger partial charge in [-0.25, -0.2) is 0 Å². The van der Waals surface area contributed by atoms with Crippen LogP contribution in [0, 0.1) is 22.7 Å². The molecule has 0 saturated heterocycles. The summed E-state index contributed by atoms with van der Waals surface area (Å²) in [6.45, 7) is 11.4. The van der Waals surface area contributed by atoms with Crippen molar-refractivity contribution in [3.8, 4) is 0 Å². The molecule has 1 unspecified atom stereocenters. The third-order valence-corrected chi connectivity index (χ3v) is 7.06. The number of Topliss-reactive ketones (excluding diaryl/α,β-unsaturated/α-hetero) is 2. The van der Waals surface area contributed by atoms with E-state index >= 15 is 0 Å². The lowest BCUT2D eigenvalue weighted by Gasteiger charge is -2.51. The van der Waals surface area contributed by atoms with Crippen molar-refractivity contribution in [1.29, 1.82) is 0 Å². The first-order valence-corrected chi connectivity index (χ1v) is 9.82. The van der Waals surface area contributed by atoms with E-state index in [2.05, 4.69) is 20.4 Å². The molecule has 5 atom stereocenters. The predicted octanol–water partition coefficient (Wildman–Crippen LogP) is 3.16. The summed E-state index contributed by atoms with van der Waals surface area (Å²) in [6, 6.07) is 0. The molecule has 1 N–H and O–H groups in total. The van der Waals surface area contributed by atoms with E-state index in [0.717, 1.165) is 12.8 Å². The Bertz CT molecular complexity index is 731. The third kappa shape index (κ3) is 3.31. The van der Waals surface area contributed by atoms with Crippen molar-refractivity contribution in [2.45, 2.75) is 72.0 Å². The Morgan fingerprint density at radius 1 is 1.22 bits per heavy atom. The lowest BCUT2D eigenvalue weighted by atomic mass is 9.52. The average molecular weight is 374 g/mol. The van der Waals surface area contributed by atoms with Crippen molar-refractivity contribution >= 4 is 17.5 Å². The van der Waals surface area contributed by atoms with Crippen LogP contribution in [0.1, 0.15) is 59.8 Å². The minimum Gasteiger partial charge on any atom is -0.458 e. The maximum atomic E-state index is 13.3. The summed E-state index contributed by atoms with van der Waals surface area (Å²) in [5.74, 6) is -1.32. The van der Waals surface area contributed by atoms with Gasteiger partial charge in [-0.15, -0.1) is 0 Å². The number of esters is 1. The number of aliphatic hydroxyl groups excluding tert-OH is 1. The SMILES string of the molecule is C=C1C(=O)C2=CC1C[C@@H](O)C(=O)[C@]1(C)CCCC(C)(C)[C@H]1C[C@H]2OC(C)=O. The standard InChI is InChI=1S/C22H30O5/c1-12-14-9-15(19(12)25)17(27-13(2)23)11-18-21(3,4)7-6-8-22(18,5)20(26)16(24)10-14/h9,14,16-18,24H,1,6-8,10-11H2,2-5H3/t14?,16-,17-,18-,22-/m1/s1. The molecule has 0 aliphatic heterocycles. The highest BCUT2D eigenvalue weighted by Gasteiger charge is 2.54. The van der Waals surface area contributed by atoms with Crippen LogP contribution in [-0.4, -0.2) is 34.9 Å². The van der Waals surface area contributed by atoms with Gasteiger partial charge in [0, 0.05) is 23.8 Å². The van der Waals surface area contributed by atoms with E-state index in [1.807, 2.05) is 6.92 Å². The molecule has 0 radical (unpaired) electrons. The van der Waals surface area contributed by atoms with Gasteiger partial charge in [0.15, 0.2) is 11.6 Å². The van der Waals surface area contributed by atoms with Crippen LogP contribution < -0.4 is 0 Å². The zero-order valence-electron chi connectivity index (χ0n) is 16.7. The lowest BCUT2D eigenvalue weighted by molar-refractivity contribution is -0.153. The molecule has 1 saturated carbocycles. The van der Waals surface area contributed by atoms with Gasteiger partial charge in [0.25, 0.3) is 0 Å². The molecule has 3 rings (SSSR count). The summed E-state index contributed by atoms with van der Waals surface area (Å²) in [6.07, 6.45) is 3.06. The number of ether oxygens (including phenoxy) is 1. The van der Waals surface area contributed by atoms with E-state index in [1.54, 1.807) is 6.08 Å². The maximum Gasteiger partial charge on any atom is 0.303 e. The molecule has 0 spiro atoms. The normalized spacial score (nSPS) is 38.9. The molecule has 3 aliphatic rings. The number of hydrogen-bond acceptors (Lipinski definition) is 5. The van der Waals surface area contributed by atoms with E-state index in [0.29, 0.717) is 24.0 Å². The lowest BCUT2D eigenvalue weighted by Crippen LogP contribution is -2.52. The number of aliphatic hydroxyl groups is 1. The maximum absolute atomic E-state index is 13.3. The molecule has 1 fully saturated rings. The molecule has 0 aromatic rings. The van der Waals surface area contributed by atoms with Gasteiger partial charge < -0.3 is 9.84 Å². The van der Waals surface area contributed by atoms with E-state index in [4.69, 9.17) is 4.74 Å². The average Bonchev–Trinajstić information content (AvgIpc) is 2.83. The van der Waals surface area contributed by atoms with Gasteiger partial charge in [0.2, 0.25) is 0 Å². The molecular weight excluding hydrogens is 344 g/mol. The van der Waals surface area contributed by atoms with Crippen molar-refractivity contribution in [2.75, 3.05) is 0 Å². The molecule has 0 aromatic heterocycles. The van der Waals surface area contributed by atoms with E-state index < -0.39 is 23.6 Å². The predicted molar refractivity (Wildman–Crippen MR) is 101 cm³/mol. The van der Waals surface area contributed by atoms with Gasteiger partial charge in [-0.05, 0) is 42.6 Å². The smallest absolute Gasteiger partial charge is 0.303 e. The third-order valence-electron chi connectivity index (χ3n) is 7.06. The zero-order chi connectivity index (χ0) is 20.1. The van der Waals surface area contributed by atoms with Gasteiger partial charge in [-0.1, -0.05) is 39.8 Å². The fourth-order valence-electron chi connectivity index (χ4n) is 5.59. The van der Waals surface area contributed by atoms with Crippen LogP contribution in [0.15, 0.2) is 23.8 Å². The first-order chi connectivity index (χ1) is 12.5. The van der Waals surface area contributed by atoms with E-state index in [9.17, 15) is 19.5 Å². The van der Waals surface area contributed by atoms with Gasteiger partial charge >= 0.3 is 5.97 Å². The molecule has 5 heteroatoms. The van der Waals surface area contributed by atoms with Crippen LogP contribution in [-0.2, 0) is 19.1 Å². The molecular formula is C22H30O5. The summed E-state index contributed by atoms with van der Waals surface area (Å²) < 4.78 is 5.58. The number of fused-ring (bicyclic) bond motifs is 2. The monoisotopic (exact) mass is 374 g/mol. The van der Waals surface area contributed by atoms with Crippen LogP contribution in [0.2, 0.25) is 0 Å². The Kier molecular flexibility index (Phi) is 4.96. The zero-order valence-corrected chi connectivity index (χ0v) is 16.7. The Morgan fingerprint density at radius 2 is 1.89 bits per heavy atom. The molecule has 0 amide bonds. The number of carbonyl (C=O) groups is 3. The molecule has 0 aromatic carbocycles. The highest BCUT2D eigenvalue weighted by molar-refractivity contribution is 6.12. The summed E-state index contributed by atoms with van der Waals surface area (Å²) >= 11 is 0. The van der Waals surface area contributed by atoms with Crippen molar-refractivity contribution in [1.82, 2.24) is 0 Å². The molecule has 27 heavy (non-hydrogen) atoms. The van der Waals surface area contributed by atoms with Crippen LogP contribution in [0.5, 0.6) is 0 Å². The summed E-state index contributed by atoms with van der Waals surface area (Å²) in [4.78, 5) is 37.8. The van der Waals surface area contributed by atoms with Crippen molar-refractivity contribution in [3.63, 3.8) is 0 Å². The topological polar surface area (TPSA) is 80.7 Å². The van der Waals surface area contributed by atoms with Crippen molar-refractivity contribution in [2.24, 2.45) is 22.7 Å². The number of allylic oxidation sites excluding steroid dienone is 2. The van der Waals surface area contributed by atoms with Crippen LogP contribution in [0.4, 0.5) is 0 Å². The van der Waals surface area contributed by atoms with Gasteiger partial charge in [0.1, 0.15) is 12.2 Å².